The van der Waals surface area contributed by atoms with Gasteiger partial charge in [-0.15, -0.1) is 0 Å². The first kappa shape index (κ1) is 8.99. The molecule has 1 rings (SSSR count). The van der Waals surface area contributed by atoms with Gasteiger partial charge in [-0.3, -0.25) is 4.79 Å². The van der Waals surface area contributed by atoms with Gasteiger partial charge in [0.05, 0.1) is 4.47 Å². The molecule has 0 spiro atoms. The third-order valence-electron chi connectivity index (χ3n) is 1.32. The van der Waals surface area contributed by atoms with Gasteiger partial charge in [0.15, 0.2) is 23.6 Å². The number of hydrogen-bond donors (Lipinski definition) is 2. The highest BCUT2D eigenvalue weighted by Crippen LogP contribution is 2.37. The summed E-state index contributed by atoms with van der Waals surface area (Å²) in [7, 11) is 0. The fraction of sp³-hybridized carbons (Fsp3) is 0. The van der Waals surface area contributed by atoms with Crippen LogP contribution in [0.15, 0.2) is 10.5 Å². The zero-order valence-electron chi connectivity index (χ0n) is 5.71. The van der Waals surface area contributed by atoms with Crippen LogP contribution in [-0.2, 0) is 0 Å². The monoisotopic (exact) mass is 234 g/mol. The average molecular weight is 235 g/mol. The van der Waals surface area contributed by atoms with Gasteiger partial charge in [0.25, 0.3) is 0 Å². The molecule has 0 fully saturated rings. The molecule has 0 radical (unpaired) electrons. The number of phenolic OH excluding ortho intramolecular Hbond substituents is 2. The van der Waals surface area contributed by atoms with Gasteiger partial charge in [0.1, 0.15) is 0 Å². The van der Waals surface area contributed by atoms with Gasteiger partial charge in [-0.05, 0) is 22.0 Å². The minimum atomic E-state index is -1.03. The van der Waals surface area contributed by atoms with E-state index in [1.54, 1.807) is 0 Å². The van der Waals surface area contributed by atoms with E-state index in [2.05, 4.69) is 15.9 Å². The van der Waals surface area contributed by atoms with Crippen molar-refractivity contribution < 1.29 is 19.4 Å². The highest BCUT2D eigenvalue weighted by molar-refractivity contribution is 9.10. The van der Waals surface area contributed by atoms with E-state index in [-0.39, 0.29) is 10.0 Å². The molecule has 0 amide bonds. The van der Waals surface area contributed by atoms with Gasteiger partial charge in [-0.2, -0.15) is 0 Å². The quantitative estimate of drug-likeness (QED) is 0.576. The molecule has 0 atom stereocenters. The van der Waals surface area contributed by atoms with Crippen molar-refractivity contribution in [2.24, 2.45) is 0 Å². The molecule has 0 saturated heterocycles. The van der Waals surface area contributed by atoms with Crippen LogP contribution in [0.5, 0.6) is 11.5 Å². The molecule has 0 aromatic heterocycles. The zero-order valence-corrected chi connectivity index (χ0v) is 7.30. The van der Waals surface area contributed by atoms with E-state index in [4.69, 9.17) is 10.2 Å². The highest BCUT2D eigenvalue weighted by Gasteiger charge is 2.14. The van der Waals surface area contributed by atoms with E-state index >= 15 is 0 Å². The van der Waals surface area contributed by atoms with Crippen LogP contribution in [0.4, 0.5) is 4.39 Å². The van der Waals surface area contributed by atoms with Crippen molar-refractivity contribution >= 4 is 22.2 Å². The first-order valence-electron chi connectivity index (χ1n) is 2.93. The van der Waals surface area contributed by atoms with Gasteiger partial charge in [-0.1, -0.05) is 0 Å². The standard InChI is InChI=1S/C7H4BrFO3/c8-5-3(2-10)1-4(9)6(11)7(5)12/h1-2,11-12H. The summed E-state index contributed by atoms with van der Waals surface area (Å²) in [5, 5.41) is 17.8. The molecule has 3 nitrogen and oxygen atoms in total. The third-order valence-corrected chi connectivity index (χ3v) is 2.15. The fourth-order valence-corrected chi connectivity index (χ4v) is 1.10. The maximum absolute atomic E-state index is 12.6. The number of phenols is 2. The van der Waals surface area contributed by atoms with Crippen LogP contribution in [0.1, 0.15) is 10.4 Å². The average Bonchev–Trinajstić information content (AvgIpc) is 2.08. The molecule has 0 aliphatic heterocycles. The Balaban J connectivity index is 3.49. The molecule has 64 valence electrons. The Hall–Kier alpha value is -1.10. The fourth-order valence-electron chi connectivity index (χ4n) is 0.708. The van der Waals surface area contributed by atoms with E-state index < -0.39 is 17.3 Å². The summed E-state index contributed by atoms with van der Waals surface area (Å²) in [5.74, 6) is -2.57. The Morgan fingerprint density at radius 3 is 2.50 bits per heavy atom. The van der Waals surface area contributed by atoms with Gasteiger partial charge < -0.3 is 10.2 Å². The Bertz CT molecular complexity index is 338. The van der Waals surface area contributed by atoms with Crippen LogP contribution in [0.3, 0.4) is 0 Å². The maximum Gasteiger partial charge on any atom is 0.195 e. The van der Waals surface area contributed by atoms with Crippen molar-refractivity contribution in [2.45, 2.75) is 0 Å². The van der Waals surface area contributed by atoms with Crippen LogP contribution < -0.4 is 0 Å². The lowest BCUT2D eigenvalue weighted by Gasteiger charge is -2.03. The van der Waals surface area contributed by atoms with Gasteiger partial charge in [-0.25, -0.2) is 4.39 Å². The highest BCUT2D eigenvalue weighted by atomic mass is 79.9. The predicted molar refractivity (Wildman–Crippen MR) is 42.8 cm³/mol. The van der Waals surface area contributed by atoms with E-state index in [0.717, 1.165) is 6.07 Å². The molecule has 0 aliphatic carbocycles. The van der Waals surface area contributed by atoms with Crippen molar-refractivity contribution in [3.8, 4) is 11.5 Å². The molecule has 0 heterocycles. The molecular weight excluding hydrogens is 231 g/mol. The second-order valence-corrected chi connectivity index (χ2v) is 2.87. The van der Waals surface area contributed by atoms with Crippen molar-refractivity contribution in [1.29, 1.82) is 0 Å². The van der Waals surface area contributed by atoms with Crippen LogP contribution >= 0.6 is 15.9 Å². The molecule has 0 bridgehead atoms. The summed E-state index contributed by atoms with van der Waals surface area (Å²) in [4.78, 5) is 10.3. The summed E-state index contributed by atoms with van der Waals surface area (Å²) in [6.45, 7) is 0. The van der Waals surface area contributed by atoms with Crippen molar-refractivity contribution in [2.75, 3.05) is 0 Å². The number of halogens is 2. The third kappa shape index (κ3) is 1.27. The number of carbonyl (C=O) groups is 1. The van der Waals surface area contributed by atoms with E-state index in [1.165, 1.54) is 0 Å². The predicted octanol–water partition coefficient (Wildman–Crippen LogP) is 1.81. The largest absolute Gasteiger partial charge is 0.503 e. The number of aldehydes is 1. The Morgan fingerprint density at radius 2 is 2.00 bits per heavy atom. The summed E-state index contributed by atoms with van der Waals surface area (Å²) in [5.41, 5.74) is -0.0530. The lowest BCUT2D eigenvalue weighted by atomic mass is 10.2. The van der Waals surface area contributed by atoms with E-state index in [1.807, 2.05) is 0 Å². The van der Waals surface area contributed by atoms with Gasteiger partial charge in [0.2, 0.25) is 0 Å². The second-order valence-electron chi connectivity index (χ2n) is 2.08. The Kier molecular flexibility index (Phi) is 2.32. The zero-order chi connectivity index (χ0) is 9.30. The Labute approximate surface area is 75.6 Å². The molecular formula is C7H4BrFO3. The van der Waals surface area contributed by atoms with E-state index in [9.17, 15) is 9.18 Å². The summed E-state index contributed by atoms with van der Waals surface area (Å²) in [6, 6.07) is 0.826. The molecule has 12 heavy (non-hydrogen) atoms. The number of rotatable bonds is 1. The normalized spacial score (nSPS) is 9.83. The summed E-state index contributed by atoms with van der Waals surface area (Å²) in [6.07, 6.45) is 0.367. The van der Waals surface area contributed by atoms with Gasteiger partial charge >= 0.3 is 0 Å². The molecule has 1 aromatic carbocycles. The topological polar surface area (TPSA) is 57.5 Å². The van der Waals surface area contributed by atoms with Crippen molar-refractivity contribution in [3.05, 3.63) is 21.9 Å². The van der Waals surface area contributed by atoms with Crippen LogP contribution in [-0.4, -0.2) is 16.5 Å². The SMILES string of the molecule is O=Cc1cc(F)c(O)c(O)c1Br. The minimum Gasteiger partial charge on any atom is -0.503 e. The lowest BCUT2D eigenvalue weighted by Crippen LogP contribution is -1.87. The molecule has 5 heteroatoms. The summed E-state index contributed by atoms with van der Waals surface area (Å²) >= 11 is 2.82. The molecule has 0 unspecified atom stereocenters. The van der Waals surface area contributed by atoms with E-state index in [0.29, 0.717) is 6.29 Å². The van der Waals surface area contributed by atoms with Crippen LogP contribution in [0.2, 0.25) is 0 Å². The summed E-state index contributed by atoms with van der Waals surface area (Å²) < 4.78 is 12.6. The van der Waals surface area contributed by atoms with Crippen molar-refractivity contribution in [3.63, 3.8) is 0 Å². The van der Waals surface area contributed by atoms with Crippen LogP contribution in [0.25, 0.3) is 0 Å². The first-order chi connectivity index (χ1) is 5.57. The Morgan fingerprint density at radius 1 is 1.42 bits per heavy atom. The smallest absolute Gasteiger partial charge is 0.195 e. The lowest BCUT2D eigenvalue weighted by molar-refractivity contribution is 0.112. The number of benzene rings is 1. The van der Waals surface area contributed by atoms with Crippen LogP contribution in [0, 0.1) is 5.82 Å². The minimum absolute atomic E-state index is 0.0172. The van der Waals surface area contributed by atoms with Gasteiger partial charge in [0, 0.05) is 5.56 Å². The number of carbonyl (C=O) groups excluding carboxylic acids is 1. The second kappa shape index (κ2) is 3.10. The molecule has 1 aromatic rings. The molecule has 0 saturated carbocycles. The first-order valence-corrected chi connectivity index (χ1v) is 3.72. The maximum atomic E-state index is 12.6. The van der Waals surface area contributed by atoms with Crippen molar-refractivity contribution in [1.82, 2.24) is 0 Å². The number of hydrogen-bond acceptors (Lipinski definition) is 3. The molecule has 2 N–H and O–H groups in total. The number of aromatic hydroxyl groups is 2. The molecule has 0 aliphatic rings.